The molecule has 0 fully saturated rings. The van der Waals surface area contributed by atoms with Crippen molar-refractivity contribution in [2.45, 2.75) is 33.0 Å². The molecule has 0 radical (unpaired) electrons. The fourth-order valence-electron chi connectivity index (χ4n) is 2.62. The van der Waals surface area contributed by atoms with Gasteiger partial charge < -0.3 is 9.88 Å². The summed E-state index contributed by atoms with van der Waals surface area (Å²) in [5.74, 6) is 1.09. The van der Waals surface area contributed by atoms with E-state index in [1.54, 1.807) is 0 Å². The largest absolute Gasteiger partial charge is 0.327 e. The van der Waals surface area contributed by atoms with Gasteiger partial charge in [-0.25, -0.2) is 4.98 Å². The van der Waals surface area contributed by atoms with Crippen LogP contribution in [0.4, 0.5) is 0 Å². The van der Waals surface area contributed by atoms with Gasteiger partial charge in [-0.15, -0.1) is 0 Å². The molecular formula is C17H20N4. The van der Waals surface area contributed by atoms with Gasteiger partial charge in [0.25, 0.3) is 0 Å². The van der Waals surface area contributed by atoms with E-state index >= 15 is 0 Å². The molecule has 108 valence electrons. The molecule has 2 aromatic heterocycles. The van der Waals surface area contributed by atoms with Crippen molar-refractivity contribution in [1.29, 1.82) is 0 Å². The zero-order valence-corrected chi connectivity index (χ0v) is 12.5. The first-order chi connectivity index (χ1) is 10.3. The van der Waals surface area contributed by atoms with Gasteiger partial charge in [0.05, 0.1) is 17.1 Å². The molecular weight excluding hydrogens is 260 g/mol. The topological polar surface area (TPSA) is 42.7 Å². The van der Waals surface area contributed by atoms with E-state index in [2.05, 4.69) is 46.9 Å². The van der Waals surface area contributed by atoms with Gasteiger partial charge in [0.2, 0.25) is 0 Å². The highest BCUT2D eigenvalue weighted by molar-refractivity contribution is 5.76. The molecule has 0 aliphatic heterocycles. The van der Waals surface area contributed by atoms with Crippen LogP contribution in [0.15, 0.2) is 48.8 Å². The number of aryl methyl sites for hydroxylation is 1. The Balaban J connectivity index is 1.82. The van der Waals surface area contributed by atoms with Gasteiger partial charge >= 0.3 is 0 Å². The molecule has 0 aliphatic rings. The average Bonchev–Trinajstić information content (AvgIpc) is 2.92. The lowest BCUT2D eigenvalue weighted by atomic mass is 10.2. The molecule has 1 unspecified atom stereocenters. The molecule has 0 saturated carbocycles. The van der Waals surface area contributed by atoms with Crippen molar-refractivity contribution in [3.8, 4) is 0 Å². The summed E-state index contributed by atoms with van der Waals surface area (Å²) in [6.45, 7) is 6.06. The number of aromatic nitrogens is 3. The number of nitrogens with zero attached hydrogens (tertiary/aromatic N) is 3. The summed E-state index contributed by atoms with van der Waals surface area (Å²) >= 11 is 0. The first kappa shape index (κ1) is 13.8. The first-order valence-corrected chi connectivity index (χ1v) is 7.37. The lowest BCUT2D eigenvalue weighted by Gasteiger charge is -2.15. The Morgan fingerprint density at radius 1 is 1.14 bits per heavy atom. The number of hydrogen-bond donors (Lipinski definition) is 1. The van der Waals surface area contributed by atoms with E-state index in [9.17, 15) is 0 Å². The summed E-state index contributed by atoms with van der Waals surface area (Å²) in [6, 6.07) is 12.6. The van der Waals surface area contributed by atoms with Crippen LogP contribution in [0.5, 0.6) is 0 Å². The highest BCUT2D eigenvalue weighted by atomic mass is 15.1. The van der Waals surface area contributed by atoms with E-state index < -0.39 is 0 Å². The number of para-hydroxylation sites is 2. The van der Waals surface area contributed by atoms with Crippen LogP contribution in [0.1, 0.15) is 31.3 Å². The van der Waals surface area contributed by atoms with Crippen LogP contribution < -0.4 is 5.32 Å². The van der Waals surface area contributed by atoms with Crippen LogP contribution in [0.25, 0.3) is 11.0 Å². The molecule has 3 aromatic rings. The highest BCUT2D eigenvalue weighted by Crippen LogP contribution is 2.20. The zero-order chi connectivity index (χ0) is 14.7. The SMILES string of the molecule is CCn1c(C(C)NCc2ccncc2)nc2ccccc21. The Kier molecular flexibility index (Phi) is 3.97. The third kappa shape index (κ3) is 2.81. The second kappa shape index (κ2) is 6.06. The number of fused-ring (bicyclic) bond motifs is 1. The van der Waals surface area contributed by atoms with Crippen molar-refractivity contribution in [2.24, 2.45) is 0 Å². The summed E-state index contributed by atoms with van der Waals surface area (Å²) in [4.78, 5) is 8.83. The maximum Gasteiger partial charge on any atom is 0.126 e. The lowest BCUT2D eigenvalue weighted by molar-refractivity contribution is 0.521. The number of rotatable bonds is 5. The minimum atomic E-state index is 0.200. The minimum absolute atomic E-state index is 0.200. The molecule has 0 spiro atoms. The van der Waals surface area contributed by atoms with Gasteiger partial charge in [-0.2, -0.15) is 0 Å². The smallest absolute Gasteiger partial charge is 0.126 e. The van der Waals surface area contributed by atoms with Gasteiger partial charge in [0.15, 0.2) is 0 Å². The van der Waals surface area contributed by atoms with E-state index in [0.29, 0.717) is 0 Å². The van der Waals surface area contributed by atoms with Crippen molar-refractivity contribution in [1.82, 2.24) is 19.9 Å². The molecule has 21 heavy (non-hydrogen) atoms. The monoisotopic (exact) mass is 280 g/mol. The zero-order valence-electron chi connectivity index (χ0n) is 12.5. The molecule has 4 nitrogen and oxygen atoms in total. The third-order valence-corrected chi connectivity index (χ3v) is 3.75. The molecule has 1 atom stereocenters. The molecule has 1 aromatic carbocycles. The summed E-state index contributed by atoms with van der Waals surface area (Å²) < 4.78 is 2.28. The summed E-state index contributed by atoms with van der Waals surface area (Å²) in [6.07, 6.45) is 3.64. The summed E-state index contributed by atoms with van der Waals surface area (Å²) in [5.41, 5.74) is 3.50. The fraction of sp³-hybridized carbons (Fsp3) is 0.294. The normalized spacial score (nSPS) is 12.7. The molecule has 2 heterocycles. The van der Waals surface area contributed by atoms with Gasteiger partial charge in [-0.1, -0.05) is 12.1 Å². The quantitative estimate of drug-likeness (QED) is 0.779. The van der Waals surface area contributed by atoms with Crippen molar-refractivity contribution < 1.29 is 0 Å². The molecule has 4 heteroatoms. The standard InChI is InChI=1S/C17H20N4/c1-3-21-16-7-5-4-6-15(16)20-17(21)13(2)19-12-14-8-10-18-11-9-14/h4-11,13,19H,3,12H2,1-2H3. The third-order valence-electron chi connectivity index (χ3n) is 3.75. The molecule has 0 saturated heterocycles. The van der Waals surface area contributed by atoms with E-state index in [-0.39, 0.29) is 6.04 Å². The average molecular weight is 280 g/mol. The van der Waals surface area contributed by atoms with E-state index in [1.807, 2.05) is 30.6 Å². The van der Waals surface area contributed by atoms with Crippen LogP contribution in [0, 0.1) is 0 Å². The van der Waals surface area contributed by atoms with Crippen LogP contribution in [-0.2, 0) is 13.1 Å². The second-order valence-corrected chi connectivity index (χ2v) is 5.16. The van der Waals surface area contributed by atoms with Gasteiger partial charge in [0.1, 0.15) is 5.82 Å². The van der Waals surface area contributed by atoms with Crippen molar-refractivity contribution in [2.75, 3.05) is 0 Å². The fourth-order valence-corrected chi connectivity index (χ4v) is 2.62. The number of pyridine rings is 1. The predicted molar refractivity (Wildman–Crippen MR) is 84.9 cm³/mol. The molecule has 1 N–H and O–H groups in total. The number of benzene rings is 1. The molecule has 0 bridgehead atoms. The Morgan fingerprint density at radius 3 is 2.67 bits per heavy atom. The number of imidazole rings is 1. The first-order valence-electron chi connectivity index (χ1n) is 7.37. The Morgan fingerprint density at radius 2 is 1.90 bits per heavy atom. The summed E-state index contributed by atoms with van der Waals surface area (Å²) in [5, 5.41) is 3.54. The second-order valence-electron chi connectivity index (χ2n) is 5.16. The van der Waals surface area contributed by atoms with Crippen molar-refractivity contribution in [3.05, 3.63) is 60.2 Å². The molecule has 0 aliphatic carbocycles. The van der Waals surface area contributed by atoms with Crippen LogP contribution >= 0.6 is 0 Å². The van der Waals surface area contributed by atoms with Crippen LogP contribution in [0.3, 0.4) is 0 Å². The Bertz CT molecular complexity index is 718. The number of nitrogens with one attached hydrogen (secondary N) is 1. The van der Waals surface area contributed by atoms with Crippen LogP contribution in [0.2, 0.25) is 0 Å². The molecule has 0 amide bonds. The van der Waals surface area contributed by atoms with Gasteiger partial charge in [0, 0.05) is 25.5 Å². The maximum atomic E-state index is 4.78. The highest BCUT2D eigenvalue weighted by Gasteiger charge is 2.14. The predicted octanol–water partition coefficient (Wildman–Crippen LogP) is 3.30. The van der Waals surface area contributed by atoms with Crippen LogP contribution in [-0.4, -0.2) is 14.5 Å². The summed E-state index contributed by atoms with van der Waals surface area (Å²) in [7, 11) is 0. The van der Waals surface area contributed by atoms with Gasteiger partial charge in [-0.05, 0) is 43.7 Å². The van der Waals surface area contributed by atoms with E-state index in [1.165, 1.54) is 11.1 Å². The minimum Gasteiger partial charge on any atom is -0.327 e. The molecule has 3 rings (SSSR count). The Hall–Kier alpha value is -2.20. The lowest BCUT2D eigenvalue weighted by Crippen LogP contribution is -2.21. The number of hydrogen-bond acceptors (Lipinski definition) is 3. The van der Waals surface area contributed by atoms with Crippen molar-refractivity contribution >= 4 is 11.0 Å². The Labute approximate surface area is 124 Å². The van der Waals surface area contributed by atoms with Gasteiger partial charge in [-0.3, -0.25) is 4.98 Å². The van der Waals surface area contributed by atoms with Crippen molar-refractivity contribution in [3.63, 3.8) is 0 Å². The van der Waals surface area contributed by atoms with E-state index in [4.69, 9.17) is 4.98 Å². The maximum absolute atomic E-state index is 4.78. The van der Waals surface area contributed by atoms with E-state index in [0.717, 1.165) is 24.4 Å².